The predicted octanol–water partition coefficient (Wildman–Crippen LogP) is -0.598. The molecule has 0 saturated heterocycles. The van der Waals surface area contributed by atoms with Crippen LogP contribution in [0.2, 0.25) is 0 Å². The molecule has 1 atom stereocenters. The molecule has 0 saturated carbocycles. The fourth-order valence-corrected chi connectivity index (χ4v) is 2.17. The second kappa shape index (κ2) is 3.85. The van der Waals surface area contributed by atoms with E-state index >= 15 is 0 Å². The molecule has 7 heteroatoms. The maximum absolute atomic E-state index is 10.9. The van der Waals surface area contributed by atoms with E-state index in [1.807, 2.05) is 0 Å². The molecule has 0 spiro atoms. The van der Waals surface area contributed by atoms with Crippen molar-refractivity contribution in [2.45, 2.75) is 5.25 Å². The second-order valence-corrected chi connectivity index (χ2v) is 4.18. The molecule has 0 aromatic rings. The molecule has 0 fully saturated rings. The summed E-state index contributed by atoms with van der Waals surface area (Å²) in [5.41, 5.74) is 8.33. The zero-order chi connectivity index (χ0) is 10.8. The van der Waals surface area contributed by atoms with Crippen molar-refractivity contribution in [2.75, 3.05) is 6.61 Å². The van der Waals surface area contributed by atoms with E-state index in [-0.39, 0.29) is 11.3 Å². The summed E-state index contributed by atoms with van der Waals surface area (Å²) < 4.78 is 30.6. The predicted molar refractivity (Wildman–Crippen MR) is 48.3 cm³/mol. The van der Waals surface area contributed by atoms with Crippen molar-refractivity contribution < 1.29 is 22.9 Å². The standard InChI is InChI=1S/C7H8N2O4S/c8-9-6-3-1-2-5(4-10)7(6)14(11,12)13/h1-3,7,10H,4H2,(H,11,12,13). The fraction of sp³-hybridized carbons (Fsp3) is 0.286. The van der Waals surface area contributed by atoms with Gasteiger partial charge in [-0.1, -0.05) is 12.2 Å². The Balaban J connectivity index is 3.29. The van der Waals surface area contributed by atoms with Gasteiger partial charge in [0.15, 0.2) is 0 Å². The minimum Gasteiger partial charge on any atom is -0.392 e. The van der Waals surface area contributed by atoms with Crippen molar-refractivity contribution in [3.8, 4) is 0 Å². The monoisotopic (exact) mass is 216 g/mol. The average Bonchev–Trinajstić information content (AvgIpc) is 2.15. The summed E-state index contributed by atoms with van der Waals surface area (Å²) >= 11 is 0. The Hall–Kier alpha value is -1.27. The maximum Gasteiger partial charge on any atom is 0.316 e. The highest BCUT2D eigenvalue weighted by molar-refractivity contribution is 7.87. The van der Waals surface area contributed by atoms with E-state index in [4.69, 9.17) is 15.2 Å². The van der Waals surface area contributed by atoms with Gasteiger partial charge < -0.3 is 10.6 Å². The highest BCUT2D eigenvalue weighted by Crippen LogP contribution is 2.16. The van der Waals surface area contributed by atoms with E-state index in [0.29, 0.717) is 0 Å². The summed E-state index contributed by atoms with van der Waals surface area (Å²) in [5.74, 6) is 0. The zero-order valence-electron chi connectivity index (χ0n) is 7.03. The van der Waals surface area contributed by atoms with E-state index < -0.39 is 22.0 Å². The van der Waals surface area contributed by atoms with E-state index in [1.54, 1.807) is 0 Å². The first-order valence-electron chi connectivity index (χ1n) is 3.67. The van der Waals surface area contributed by atoms with Gasteiger partial charge in [-0.15, -0.1) is 0 Å². The van der Waals surface area contributed by atoms with E-state index in [2.05, 4.69) is 4.79 Å². The SMILES string of the molecule is [N-]=[N+]=C1C=CC=C(CO)C1S(=O)(=O)O. The molecule has 1 aliphatic carbocycles. The normalized spacial score (nSPS) is 21.7. The third-order valence-corrected chi connectivity index (χ3v) is 2.92. The van der Waals surface area contributed by atoms with Gasteiger partial charge in [-0.2, -0.15) is 13.2 Å². The Morgan fingerprint density at radius 2 is 2.21 bits per heavy atom. The highest BCUT2D eigenvalue weighted by Gasteiger charge is 2.37. The van der Waals surface area contributed by atoms with Gasteiger partial charge in [0.05, 0.1) is 6.61 Å². The summed E-state index contributed by atoms with van der Waals surface area (Å²) in [6.45, 7) is -0.534. The van der Waals surface area contributed by atoms with Crippen LogP contribution >= 0.6 is 0 Å². The van der Waals surface area contributed by atoms with Gasteiger partial charge in [-0.3, -0.25) is 4.55 Å². The summed E-state index contributed by atoms with van der Waals surface area (Å²) in [6, 6.07) is 0. The Morgan fingerprint density at radius 3 is 2.64 bits per heavy atom. The van der Waals surface area contributed by atoms with Gasteiger partial charge >= 0.3 is 5.71 Å². The first-order valence-corrected chi connectivity index (χ1v) is 5.17. The molecule has 14 heavy (non-hydrogen) atoms. The van der Waals surface area contributed by atoms with Crippen molar-refractivity contribution in [3.05, 3.63) is 29.3 Å². The van der Waals surface area contributed by atoms with Crippen LogP contribution in [0.1, 0.15) is 0 Å². The van der Waals surface area contributed by atoms with E-state index in [1.165, 1.54) is 18.2 Å². The Kier molecular flexibility index (Phi) is 2.97. The molecule has 1 unspecified atom stereocenters. The van der Waals surface area contributed by atoms with Gasteiger partial charge in [-0.05, 0) is 5.57 Å². The summed E-state index contributed by atoms with van der Waals surface area (Å²) in [5, 5.41) is 7.34. The molecular weight excluding hydrogens is 208 g/mol. The summed E-state index contributed by atoms with van der Waals surface area (Å²) in [7, 11) is -4.42. The number of rotatable bonds is 2. The Morgan fingerprint density at radius 1 is 1.57 bits per heavy atom. The molecule has 0 heterocycles. The van der Waals surface area contributed by atoms with Crippen LogP contribution < -0.4 is 0 Å². The average molecular weight is 216 g/mol. The lowest BCUT2D eigenvalue weighted by atomic mass is 10.0. The minimum absolute atomic E-state index is 0.0581. The minimum atomic E-state index is -4.42. The van der Waals surface area contributed by atoms with Crippen LogP contribution in [0.5, 0.6) is 0 Å². The first-order chi connectivity index (χ1) is 6.50. The van der Waals surface area contributed by atoms with E-state index in [9.17, 15) is 8.42 Å². The Bertz CT molecular complexity index is 442. The van der Waals surface area contributed by atoms with Gasteiger partial charge in [0.2, 0.25) is 5.25 Å². The lowest BCUT2D eigenvalue weighted by Crippen LogP contribution is -2.34. The smallest absolute Gasteiger partial charge is 0.316 e. The third kappa shape index (κ3) is 1.97. The molecule has 1 rings (SSSR count). The number of allylic oxidation sites excluding steroid dienone is 3. The molecule has 76 valence electrons. The first kappa shape index (κ1) is 10.8. The molecule has 1 aliphatic rings. The highest BCUT2D eigenvalue weighted by atomic mass is 32.2. The van der Waals surface area contributed by atoms with Crippen LogP contribution in [-0.4, -0.2) is 40.4 Å². The van der Waals surface area contributed by atoms with Gasteiger partial charge in [0.1, 0.15) is 0 Å². The molecule has 0 amide bonds. The number of hydrogen-bond acceptors (Lipinski definition) is 3. The molecular formula is C7H8N2O4S. The quantitative estimate of drug-likeness (QED) is 0.364. The van der Waals surface area contributed by atoms with Crippen LogP contribution in [-0.2, 0) is 10.1 Å². The van der Waals surface area contributed by atoms with Crippen LogP contribution in [0.15, 0.2) is 23.8 Å². The van der Waals surface area contributed by atoms with Crippen molar-refractivity contribution >= 4 is 15.8 Å². The van der Waals surface area contributed by atoms with Crippen LogP contribution in [0.25, 0.3) is 5.53 Å². The van der Waals surface area contributed by atoms with Crippen molar-refractivity contribution in [1.82, 2.24) is 0 Å². The summed E-state index contributed by atoms with van der Waals surface area (Å²) in [6.07, 6.45) is 3.99. The Labute approximate surface area is 80.5 Å². The summed E-state index contributed by atoms with van der Waals surface area (Å²) in [4.78, 5) is 2.73. The van der Waals surface area contributed by atoms with Crippen LogP contribution in [0.3, 0.4) is 0 Å². The van der Waals surface area contributed by atoms with Crippen molar-refractivity contribution in [1.29, 1.82) is 0 Å². The molecule has 0 radical (unpaired) electrons. The van der Waals surface area contributed by atoms with Crippen LogP contribution in [0.4, 0.5) is 0 Å². The molecule has 0 aromatic carbocycles. The fourth-order valence-electron chi connectivity index (χ4n) is 1.20. The van der Waals surface area contributed by atoms with Gasteiger partial charge in [-0.25, -0.2) is 0 Å². The molecule has 0 bridgehead atoms. The molecule has 0 aromatic heterocycles. The number of aliphatic hydroxyl groups is 1. The number of hydrogen-bond donors (Lipinski definition) is 2. The number of nitrogens with zero attached hydrogens (tertiary/aromatic N) is 2. The van der Waals surface area contributed by atoms with E-state index in [0.717, 1.165) is 0 Å². The molecule has 2 N–H and O–H groups in total. The lowest BCUT2D eigenvalue weighted by molar-refractivity contribution is -0.00561. The van der Waals surface area contributed by atoms with Crippen molar-refractivity contribution in [3.63, 3.8) is 0 Å². The lowest BCUT2D eigenvalue weighted by Gasteiger charge is -2.12. The van der Waals surface area contributed by atoms with Gasteiger partial charge in [0.25, 0.3) is 10.1 Å². The molecule has 0 aliphatic heterocycles. The van der Waals surface area contributed by atoms with Crippen molar-refractivity contribution in [2.24, 2.45) is 0 Å². The number of aliphatic hydroxyl groups excluding tert-OH is 1. The third-order valence-electron chi connectivity index (χ3n) is 1.78. The molecule has 6 nitrogen and oxygen atoms in total. The topological polar surface area (TPSA) is 111 Å². The van der Waals surface area contributed by atoms with Crippen LogP contribution in [0, 0.1) is 0 Å². The second-order valence-electron chi connectivity index (χ2n) is 2.68. The largest absolute Gasteiger partial charge is 0.392 e. The zero-order valence-corrected chi connectivity index (χ0v) is 7.85. The maximum atomic E-state index is 10.9. The van der Waals surface area contributed by atoms with Gasteiger partial charge in [0, 0.05) is 6.08 Å².